The lowest BCUT2D eigenvalue weighted by Gasteiger charge is -2.34. The highest BCUT2D eigenvalue weighted by Crippen LogP contribution is 2.27. The number of fused-ring (bicyclic) bond motifs is 4. The first kappa shape index (κ1) is 37.1. The number of carbonyl (C=O) groups excluding carboxylic acids is 4. The van der Waals surface area contributed by atoms with E-state index in [-0.39, 0.29) is 59.8 Å². The Morgan fingerprint density at radius 2 is 1.80 bits per heavy atom. The second kappa shape index (κ2) is 17.7. The van der Waals surface area contributed by atoms with Crippen molar-refractivity contribution in [2.45, 2.75) is 65.0 Å². The van der Waals surface area contributed by atoms with Gasteiger partial charge in [0.05, 0.1) is 12.6 Å². The number of thiazole rings is 1. The Bertz CT molecular complexity index is 1600. The van der Waals surface area contributed by atoms with Crippen molar-refractivity contribution in [1.29, 1.82) is 0 Å². The first-order valence-electron chi connectivity index (χ1n) is 17.5. The van der Waals surface area contributed by atoms with Crippen molar-refractivity contribution in [2.75, 3.05) is 53.0 Å². The summed E-state index contributed by atoms with van der Waals surface area (Å²) in [5.74, 6) is -0.541. The van der Waals surface area contributed by atoms with E-state index < -0.39 is 18.0 Å². The summed E-state index contributed by atoms with van der Waals surface area (Å²) in [5.41, 5.74) is 1.35. The number of nitrogens with zero attached hydrogens (tertiary/aromatic N) is 4. The standard InChI is InChI=1S/C36H49N7O6S/c1-23(2)30-35-39-28(22-50-35)32(45)37-14-18-43(36(47)26-12-16-42(17-13-26)19-20-48-4)15-8-11-29(44)38-27(21-25-9-6-5-7-10-25)34-41-31(24(3)49-34)33(46)40-30/h5-7,9-10,22-23,26-27,30H,8,11-21H2,1-4H3,(H,37,45)(H,38,44)(H,40,46)/t27-,30-/m0/s1. The van der Waals surface area contributed by atoms with E-state index in [1.54, 1.807) is 24.3 Å². The van der Waals surface area contributed by atoms with Crippen molar-refractivity contribution in [3.63, 3.8) is 0 Å². The maximum absolute atomic E-state index is 13.8. The van der Waals surface area contributed by atoms with Crippen LogP contribution in [0.2, 0.25) is 0 Å². The minimum Gasteiger partial charge on any atom is -0.443 e. The average molecular weight is 708 g/mol. The van der Waals surface area contributed by atoms with Crippen LogP contribution in [0, 0.1) is 18.8 Å². The van der Waals surface area contributed by atoms with Gasteiger partial charge >= 0.3 is 0 Å². The Kier molecular flexibility index (Phi) is 13.1. The number of hydrogen-bond donors (Lipinski definition) is 3. The van der Waals surface area contributed by atoms with E-state index in [0.717, 1.165) is 38.0 Å². The third-order valence-corrected chi connectivity index (χ3v) is 10.2. The van der Waals surface area contributed by atoms with Crippen molar-refractivity contribution in [1.82, 2.24) is 35.7 Å². The summed E-state index contributed by atoms with van der Waals surface area (Å²) in [6, 6.07) is 8.61. The summed E-state index contributed by atoms with van der Waals surface area (Å²) >= 11 is 1.30. The molecule has 50 heavy (non-hydrogen) atoms. The molecular formula is C36H49N7O6S. The van der Waals surface area contributed by atoms with Crippen LogP contribution in [-0.2, 0) is 20.7 Å². The molecule has 0 radical (unpaired) electrons. The fourth-order valence-electron chi connectivity index (χ4n) is 6.39. The number of ether oxygens (including phenoxy) is 1. The van der Waals surface area contributed by atoms with Gasteiger partial charge < -0.3 is 34.9 Å². The fourth-order valence-corrected chi connectivity index (χ4v) is 7.41. The van der Waals surface area contributed by atoms with Crippen molar-refractivity contribution in [3.8, 4) is 0 Å². The SMILES string of the molecule is COCCN1CCC(C(=O)N2CCCC(=O)N[C@@H](Cc3ccccc3)c3nc(c(C)o3)C(=O)N[C@@H](C(C)C)c3nc(cs3)C(=O)NCC2)CC1. The number of aromatic nitrogens is 2. The number of aryl methyl sites for hydroxylation is 1. The molecule has 270 valence electrons. The highest BCUT2D eigenvalue weighted by molar-refractivity contribution is 7.09. The highest BCUT2D eigenvalue weighted by Gasteiger charge is 2.31. The van der Waals surface area contributed by atoms with Gasteiger partial charge in [-0.05, 0) is 50.8 Å². The molecule has 13 nitrogen and oxygen atoms in total. The Labute approximate surface area is 297 Å². The molecule has 4 heterocycles. The Morgan fingerprint density at radius 1 is 1.04 bits per heavy atom. The van der Waals surface area contributed by atoms with Crippen LogP contribution < -0.4 is 16.0 Å². The number of carbonyl (C=O) groups is 4. The number of rotatable bonds is 7. The summed E-state index contributed by atoms with van der Waals surface area (Å²) in [5, 5.41) is 11.3. The average Bonchev–Trinajstić information content (AvgIpc) is 3.76. The number of oxazole rings is 1. The predicted octanol–water partition coefficient (Wildman–Crippen LogP) is 3.68. The van der Waals surface area contributed by atoms with Gasteiger partial charge in [0.2, 0.25) is 17.7 Å². The van der Waals surface area contributed by atoms with Gasteiger partial charge in [0.25, 0.3) is 11.8 Å². The molecule has 1 saturated heterocycles. The summed E-state index contributed by atoms with van der Waals surface area (Å²) in [7, 11) is 1.69. The van der Waals surface area contributed by atoms with Gasteiger partial charge in [-0.2, -0.15) is 0 Å². The van der Waals surface area contributed by atoms with E-state index in [4.69, 9.17) is 9.15 Å². The molecule has 3 N–H and O–H groups in total. The molecule has 3 aromatic rings. The van der Waals surface area contributed by atoms with Gasteiger partial charge in [-0.3, -0.25) is 19.2 Å². The number of amides is 4. The predicted molar refractivity (Wildman–Crippen MR) is 189 cm³/mol. The number of hydrogen-bond acceptors (Lipinski definition) is 10. The van der Waals surface area contributed by atoms with Crippen LogP contribution in [-0.4, -0.2) is 96.4 Å². The number of nitrogens with one attached hydrogen (secondary N) is 3. The Morgan fingerprint density at radius 3 is 2.52 bits per heavy atom. The third-order valence-electron chi connectivity index (χ3n) is 9.28. The smallest absolute Gasteiger partial charge is 0.274 e. The number of methoxy groups -OCH3 is 1. The first-order chi connectivity index (χ1) is 24.1. The normalized spacial score (nSPS) is 20.7. The maximum atomic E-state index is 13.8. The van der Waals surface area contributed by atoms with Crippen LogP contribution in [0.15, 0.2) is 40.1 Å². The van der Waals surface area contributed by atoms with Gasteiger partial charge in [0, 0.05) is 57.4 Å². The van der Waals surface area contributed by atoms with Crippen molar-refractivity contribution >= 4 is 35.0 Å². The zero-order valence-electron chi connectivity index (χ0n) is 29.4. The second-order valence-electron chi connectivity index (χ2n) is 13.3. The Balaban J connectivity index is 1.38. The zero-order chi connectivity index (χ0) is 35.6. The molecular weight excluding hydrogens is 659 g/mol. The molecule has 2 aromatic heterocycles. The van der Waals surface area contributed by atoms with Crippen LogP contribution in [0.4, 0.5) is 0 Å². The largest absolute Gasteiger partial charge is 0.443 e. The van der Waals surface area contributed by atoms with Crippen molar-refractivity contribution in [3.05, 3.63) is 69.3 Å². The van der Waals surface area contributed by atoms with Crippen LogP contribution in [0.5, 0.6) is 0 Å². The lowest BCUT2D eigenvalue weighted by molar-refractivity contribution is -0.137. The fraction of sp³-hybridized carbons (Fsp3) is 0.556. The number of likely N-dealkylation sites (tertiary alicyclic amines) is 1. The molecule has 0 aliphatic carbocycles. The van der Waals surface area contributed by atoms with E-state index in [1.165, 1.54) is 11.3 Å². The van der Waals surface area contributed by atoms with Crippen molar-refractivity contribution < 1.29 is 28.3 Å². The monoisotopic (exact) mass is 707 g/mol. The molecule has 5 rings (SSSR count). The molecule has 1 fully saturated rings. The number of piperidine rings is 1. The summed E-state index contributed by atoms with van der Waals surface area (Å²) in [4.78, 5) is 67.2. The van der Waals surface area contributed by atoms with Crippen molar-refractivity contribution in [2.24, 2.45) is 11.8 Å². The molecule has 4 bridgehead atoms. The minimum atomic E-state index is -0.616. The van der Waals surface area contributed by atoms with E-state index >= 15 is 0 Å². The molecule has 2 aliphatic heterocycles. The number of benzene rings is 1. The highest BCUT2D eigenvalue weighted by atomic mass is 32.1. The molecule has 1 aromatic carbocycles. The molecule has 0 saturated carbocycles. The molecule has 2 atom stereocenters. The van der Waals surface area contributed by atoms with Gasteiger partial charge in [0.1, 0.15) is 22.5 Å². The Hall–Kier alpha value is -4.14. The van der Waals surface area contributed by atoms with Crippen LogP contribution >= 0.6 is 11.3 Å². The second-order valence-corrected chi connectivity index (χ2v) is 14.2. The van der Waals surface area contributed by atoms with E-state index in [1.807, 2.05) is 44.2 Å². The third kappa shape index (κ3) is 9.76. The van der Waals surface area contributed by atoms with Gasteiger partial charge in [-0.25, -0.2) is 9.97 Å². The lowest BCUT2D eigenvalue weighted by atomic mass is 9.95. The molecule has 2 aliphatic rings. The zero-order valence-corrected chi connectivity index (χ0v) is 30.2. The summed E-state index contributed by atoms with van der Waals surface area (Å²) in [6.45, 7) is 9.66. The van der Waals surface area contributed by atoms with E-state index in [9.17, 15) is 19.2 Å². The maximum Gasteiger partial charge on any atom is 0.274 e. The van der Waals surface area contributed by atoms with Crippen LogP contribution in [0.25, 0.3) is 0 Å². The van der Waals surface area contributed by atoms with Crippen LogP contribution in [0.3, 0.4) is 0 Å². The van der Waals surface area contributed by atoms with Crippen LogP contribution in [0.1, 0.15) is 94.8 Å². The lowest BCUT2D eigenvalue weighted by Crippen LogP contribution is -2.46. The quantitative estimate of drug-likeness (QED) is 0.333. The van der Waals surface area contributed by atoms with Gasteiger partial charge in [0.15, 0.2) is 5.69 Å². The first-order valence-corrected chi connectivity index (χ1v) is 18.4. The van der Waals surface area contributed by atoms with Gasteiger partial charge in [-0.15, -0.1) is 11.3 Å². The van der Waals surface area contributed by atoms with E-state index in [2.05, 4.69) is 30.8 Å². The summed E-state index contributed by atoms with van der Waals surface area (Å²) in [6.07, 6.45) is 2.51. The molecule has 4 amide bonds. The van der Waals surface area contributed by atoms with Gasteiger partial charge in [-0.1, -0.05) is 44.2 Å². The molecule has 14 heteroatoms. The molecule has 0 spiro atoms. The minimum absolute atomic E-state index is 0.0397. The topological polar surface area (TPSA) is 159 Å². The molecule has 0 unspecified atom stereocenters. The summed E-state index contributed by atoms with van der Waals surface area (Å²) < 4.78 is 11.3. The van der Waals surface area contributed by atoms with E-state index in [0.29, 0.717) is 43.3 Å².